The van der Waals surface area contributed by atoms with Crippen LogP contribution in [0.5, 0.6) is 11.5 Å². The zero-order valence-electron chi connectivity index (χ0n) is 23.0. The fraction of sp³-hybridized carbons (Fsp3) is 0.0645. The number of hydrogen-bond acceptors (Lipinski definition) is 9. The third kappa shape index (κ3) is 7.78. The lowest BCUT2D eigenvalue weighted by atomic mass is 10.1. The summed E-state index contributed by atoms with van der Waals surface area (Å²) in [6, 6.07) is 24.0. The number of amides is 1. The molecule has 5 rings (SSSR count). The number of ether oxygens (including phenoxy) is 2. The van der Waals surface area contributed by atoms with Crippen molar-refractivity contribution in [1.82, 2.24) is 10.4 Å². The number of hydrazone groups is 1. The highest BCUT2D eigenvalue weighted by molar-refractivity contribution is 9.10. The number of rotatable bonds is 11. The van der Waals surface area contributed by atoms with Crippen molar-refractivity contribution >= 4 is 67.5 Å². The first-order valence-electron chi connectivity index (χ1n) is 12.9. The van der Waals surface area contributed by atoms with Crippen LogP contribution in [0, 0.1) is 10.1 Å². The van der Waals surface area contributed by atoms with Gasteiger partial charge in [0.15, 0.2) is 16.6 Å². The van der Waals surface area contributed by atoms with E-state index in [2.05, 4.69) is 36.8 Å². The number of aromatic nitrogens is 1. The highest BCUT2D eigenvalue weighted by atomic mass is 79.9. The third-order valence-electron chi connectivity index (χ3n) is 6.24. The quantitative estimate of drug-likeness (QED) is 0.0811. The van der Waals surface area contributed by atoms with Gasteiger partial charge in [-0.25, -0.2) is 10.4 Å². The number of carbonyl (C=O) groups is 1. The summed E-state index contributed by atoms with van der Waals surface area (Å²) < 4.78 is 12.0. The van der Waals surface area contributed by atoms with E-state index < -0.39 is 4.92 Å². The molecule has 222 valence electrons. The van der Waals surface area contributed by atoms with Gasteiger partial charge in [-0.15, -0.1) is 11.3 Å². The molecule has 0 saturated carbocycles. The molecule has 0 unspecified atom stereocenters. The minimum absolute atomic E-state index is 0.00962. The van der Waals surface area contributed by atoms with Crippen LogP contribution in [-0.4, -0.2) is 29.1 Å². The van der Waals surface area contributed by atoms with Crippen LogP contribution < -0.4 is 20.2 Å². The van der Waals surface area contributed by atoms with Crippen LogP contribution in [0.4, 0.5) is 16.5 Å². The molecule has 1 aromatic heterocycles. The van der Waals surface area contributed by atoms with E-state index in [-0.39, 0.29) is 18.2 Å². The standard InChI is InChI=1S/C31H23BrClN5O5S/c1-42-28-14-22(26(32)15-29(28)43-17-19-2-12-25(13-3-19)38(40)41)16-34-37-30(39)21-6-4-20(5-7-21)27-18-44-31(36-27)35-24-10-8-23(33)9-11-24/h2-16,18H,17H2,1H3,(H,35,36)(H,37,39)/b34-16-. The first kappa shape index (κ1) is 30.7. The van der Waals surface area contributed by atoms with Crippen molar-refractivity contribution in [2.45, 2.75) is 6.61 Å². The van der Waals surface area contributed by atoms with Gasteiger partial charge in [-0.1, -0.05) is 23.7 Å². The molecule has 0 bridgehead atoms. The Morgan fingerprint density at radius 3 is 2.48 bits per heavy atom. The number of nitro benzene ring substituents is 1. The maximum absolute atomic E-state index is 12.7. The van der Waals surface area contributed by atoms with Gasteiger partial charge in [-0.2, -0.15) is 5.10 Å². The van der Waals surface area contributed by atoms with Gasteiger partial charge in [0.25, 0.3) is 11.6 Å². The van der Waals surface area contributed by atoms with Crippen molar-refractivity contribution in [2.24, 2.45) is 5.10 Å². The van der Waals surface area contributed by atoms with Crippen LogP contribution in [0.3, 0.4) is 0 Å². The Kier molecular flexibility index (Phi) is 9.85. The molecule has 1 amide bonds. The summed E-state index contributed by atoms with van der Waals surface area (Å²) in [6.07, 6.45) is 1.49. The largest absolute Gasteiger partial charge is 0.493 e. The smallest absolute Gasteiger partial charge is 0.271 e. The van der Waals surface area contributed by atoms with E-state index in [4.69, 9.17) is 21.1 Å². The Labute approximate surface area is 269 Å². The van der Waals surface area contributed by atoms with Crippen molar-refractivity contribution in [3.05, 3.63) is 127 Å². The van der Waals surface area contributed by atoms with Gasteiger partial charge in [0.1, 0.15) is 6.61 Å². The Morgan fingerprint density at radius 2 is 1.80 bits per heavy atom. The zero-order chi connectivity index (χ0) is 31.1. The minimum atomic E-state index is -0.453. The number of nitrogens with one attached hydrogen (secondary N) is 2. The number of carbonyl (C=O) groups excluding carboxylic acids is 1. The number of non-ortho nitro benzene ring substituents is 1. The third-order valence-corrected chi connectivity index (χ3v) is 7.93. The maximum atomic E-state index is 12.7. The van der Waals surface area contributed by atoms with Crippen molar-refractivity contribution in [3.63, 3.8) is 0 Å². The molecule has 0 aliphatic rings. The van der Waals surface area contributed by atoms with Gasteiger partial charge >= 0.3 is 0 Å². The predicted molar refractivity (Wildman–Crippen MR) is 175 cm³/mol. The minimum Gasteiger partial charge on any atom is -0.493 e. The SMILES string of the molecule is COc1cc(/C=N\NC(=O)c2ccc(-c3csc(Nc4ccc(Cl)cc4)n3)cc2)c(Br)cc1OCc1ccc([N+](=O)[O-])cc1. The fourth-order valence-electron chi connectivity index (χ4n) is 3.93. The summed E-state index contributed by atoms with van der Waals surface area (Å²) >= 11 is 10.9. The molecule has 0 spiro atoms. The summed E-state index contributed by atoms with van der Waals surface area (Å²) in [6.45, 7) is 0.188. The van der Waals surface area contributed by atoms with E-state index in [1.807, 2.05) is 29.6 Å². The average molecular weight is 693 g/mol. The second-order valence-corrected chi connectivity index (χ2v) is 11.3. The first-order valence-corrected chi connectivity index (χ1v) is 15.0. The molecule has 1 heterocycles. The van der Waals surface area contributed by atoms with E-state index in [9.17, 15) is 14.9 Å². The molecule has 13 heteroatoms. The maximum Gasteiger partial charge on any atom is 0.271 e. The number of benzene rings is 4. The van der Waals surface area contributed by atoms with E-state index in [0.717, 1.165) is 27.6 Å². The molecule has 2 N–H and O–H groups in total. The molecule has 0 fully saturated rings. The number of hydrogen-bond donors (Lipinski definition) is 2. The Balaban J connectivity index is 1.18. The number of methoxy groups -OCH3 is 1. The number of thiazole rings is 1. The lowest BCUT2D eigenvalue weighted by Crippen LogP contribution is -2.17. The highest BCUT2D eigenvalue weighted by Gasteiger charge is 2.12. The van der Waals surface area contributed by atoms with Gasteiger partial charge in [-0.05, 0) is 82.2 Å². The normalized spacial score (nSPS) is 10.9. The monoisotopic (exact) mass is 691 g/mol. The molecule has 0 aliphatic carbocycles. The van der Waals surface area contributed by atoms with Crippen LogP contribution >= 0.6 is 38.9 Å². The summed E-state index contributed by atoms with van der Waals surface area (Å²) in [4.78, 5) is 27.7. The van der Waals surface area contributed by atoms with Gasteiger partial charge in [0.2, 0.25) is 0 Å². The van der Waals surface area contributed by atoms with Gasteiger partial charge in [-0.3, -0.25) is 14.9 Å². The summed E-state index contributed by atoms with van der Waals surface area (Å²) in [7, 11) is 1.51. The predicted octanol–water partition coefficient (Wildman–Crippen LogP) is 8.23. The molecule has 0 aliphatic heterocycles. The lowest BCUT2D eigenvalue weighted by Gasteiger charge is -2.12. The zero-order valence-corrected chi connectivity index (χ0v) is 26.2. The number of halogens is 2. The van der Waals surface area contributed by atoms with E-state index in [0.29, 0.717) is 32.1 Å². The van der Waals surface area contributed by atoms with Crippen molar-refractivity contribution in [2.75, 3.05) is 12.4 Å². The van der Waals surface area contributed by atoms with E-state index in [1.165, 1.54) is 36.8 Å². The van der Waals surface area contributed by atoms with Crippen LogP contribution in [0.15, 0.2) is 99.9 Å². The van der Waals surface area contributed by atoms with E-state index in [1.54, 1.807) is 48.5 Å². The van der Waals surface area contributed by atoms with Gasteiger partial charge in [0, 0.05) is 49.4 Å². The van der Waals surface area contributed by atoms with Crippen molar-refractivity contribution in [3.8, 4) is 22.8 Å². The van der Waals surface area contributed by atoms with Crippen molar-refractivity contribution < 1.29 is 19.2 Å². The lowest BCUT2D eigenvalue weighted by molar-refractivity contribution is -0.384. The number of nitro groups is 1. The average Bonchev–Trinajstić information content (AvgIpc) is 3.50. The van der Waals surface area contributed by atoms with Crippen LogP contribution in [0.1, 0.15) is 21.5 Å². The van der Waals surface area contributed by atoms with Crippen LogP contribution in [0.2, 0.25) is 5.02 Å². The molecule has 4 aromatic carbocycles. The molecule has 5 aromatic rings. The first-order chi connectivity index (χ1) is 21.3. The van der Waals surface area contributed by atoms with Gasteiger partial charge < -0.3 is 14.8 Å². The second kappa shape index (κ2) is 14.1. The van der Waals surface area contributed by atoms with E-state index >= 15 is 0 Å². The summed E-state index contributed by atoms with van der Waals surface area (Å²) in [5.74, 6) is 0.543. The Bertz CT molecular complexity index is 1810. The molecule has 0 saturated heterocycles. The summed E-state index contributed by atoms with van der Waals surface area (Å²) in [5, 5.41) is 21.5. The molecular weight excluding hydrogens is 670 g/mol. The topological polar surface area (TPSA) is 128 Å². The molecule has 0 atom stereocenters. The highest BCUT2D eigenvalue weighted by Crippen LogP contribution is 2.34. The molecule has 10 nitrogen and oxygen atoms in total. The Hall–Kier alpha value is -4.78. The second-order valence-electron chi connectivity index (χ2n) is 9.18. The summed E-state index contributed by atoms with van der Waals surface area (Å²) in [5.41, 5.74) is 6.94. The van der Waals surface area contributed by atoms with Crippen LogP contribution in [-0.2, 0) is 6.61 Å². The fourth-order valence-corrected chi connectivity index (χ4v) is 5.23. The van der Waals surface area contributed by atoms with Gasteiger partial charge in [0.05, 0.1) is 23.9 Å². The number of nitrogens with zero attached hydrogens (tertiary/aromatic N) is 3. The molecular formula is C31H23BrClN5O5S. The van der Waals surface area contributed by atoms with Crippen molar-refractivity contribution in [1.29, 1.82) is 0 Å². The molecule has 0 radical (unpaired) electrons. The van der Waals surface area contributed by atoms with Crippen LogP contribution in [0.25, 0.3) is 11.3 Å². The number of anilines is 2. The Morgan fingerprint density at radius 1 is 1.07 bits per heavy atom. The molecule has 44 heavy (non-hydrogen) atoms.